The Bertz CT molecular complexity index is 433. The molecule has 0 aromatic carbocycles. The van der Waals surface area contributed by atoms with E-state index >= 15 is 0 Å². The fourth-order valence-corrected chi connectivity index (χ4v) is 3.31. The summed E-state index contributed by atoms with van der Waals surface area (Å²) < 4.78 is 10.9. The molecule has 25 heavy (non-hydrogen) atoms. The van der Waals surface area contributed by atoms with Gasteiger partial charge in [0.05, 0.1) is 18.8 Å². The molecule has 0 atom stereocenters. The van der Waals surface area contributed by atoms with Crippen LogP contribution in [0.15, 0.2) is 11.1 Å². The van der Waals surface area contributed by atoms with Crippen molar-refractivity contribution in [1.82, 2.24) is 0 Å². The number of carbonyl (C=O) groups excluding carboxylic acids is 2. The van der Waals surface area contributed by atoms with Crippen molar-refractivity contribution in [2.75, 3.05) is 13.2 Å². The van der Waals surface area contributed by atoms with Gasteiger partial charge in [-0.3, -0.25) is 0 Å². The van der Waals surface area contributed by atoms with E-state index in [-0.39, 0.29) is 17.9 Å². The molecule has 0 aliphatic heterocycles. The average Bonchev–Trinajstić information content (AvgIpc) is 2.62. The van der Waals surface area contributed by atoms with Crippen LogP contribution in [0.3, 0.4) is 0 Å². The van der Waals surface area contributed by atoms with Crippen LogP contribution in [0.1, 0.15) is 91.4 Å². The second-order valence-corrected chi connectivity index (χ2v) is 6.96. The van der Waals surface area contributed by atoms with Crippen molar-refractivity contribution >= 4 is 11.9 Å². The lowest BCUT2D eigenvalue weighted by Gasteiger charge is -2.25. The maximum Gasteiger partial charge on any atom is 0.334 e. The molecule has 0 N–H and O–H groups in total. The molecule has 1 aliphatic carbocycles. The van der Waals surface area contributed by atoms with E-state index in [4.69, 9.17) is 9.47 Å². The van der Waals surface area contributed by atoms with Gasteiger partial charge in [0.2, 0.25) is 0 Å². The molecule has 1 aliphatic rings. The number of carbonyl (C=O) groups is 2. The largest absolute Gasteiger partial charge is 0.462 e. The number of rotatable bonds is 11. The molecule has 0 saturated heterocycles. The molecular weight excluding hydrogens is 316 g/mol. The Labute approximate surface area is 153 Å². The maximum atomic E-state index is 12.8. The Balaban J connectivity index is 3.03. The van der Waals surface area contributed by atoms with Gasteiger partial charge >= 0.3 is 11.9 Å². The standard InChI is InChI=1S/C21H36O4/c1-4-7-15-24-20(22)18(12-6-3)19(17-13-10-9-11-14-17)21(23)25-16-8-5-2/h17H,4-16H2,1-3H3/b19-18-. The molecule has 4 heteroatoms. The summed E-state index contributed by atoms with van der Waals surface area (Å²) in [4.78, 5) is 25.4. The molecule has 0 spiro atoms. The van der Waals surface area contributed by atoms with Gasteiger partial charge in [0.25, 0.3) is 0 Å². The van der Waals surface area contributed by atoms with Crippen LogP contribution in [0.5, 0.6) is 0 Å². The lowest BCUT2D eigenvalue weighted by molar-refractivity contribution is -0.143. The van der Waals surface area contributed by atoms with Crippen LogP contribution in [0, 0.1) is 5.92 Å². The zero-order valence-corrected chi connectivity index (χ0v) is 16.4. The highest BCUT2D eigenvalue weighted by Gasteiger charge is 2.30. The molecule has 0 radical (unpaired) electrons. The predicted octanol–water partition coefficient (Wildman–Crippen LogP) is 5.35. The van der Waals surface area contributed by atoms with Gasteiger partial charge in [-0.25, -0.2) is 9.59 Å². The minimum Gasteiger partial charge on any atom is -0.462 e. The first-order valence-electron chi connectivity index (χ1n) is 10.2. The van der Waals surface area contributed by atoms with E-state index in [0.717, 1.165) is 57.8 Å². The molecule has 0 aromatic rings. The summed E-state index contributed by atoms with van der Waals surface area (Å²) in [6.07, 6.45) is 10.4. The number of esters is 2. The molecule has 0 aromatic heterocycles. The summed E-state index contributed by atoms with van der Waals surface area (Å²) in [5.74, 6) is -0.470. The number of hydrogen-bond donors (Lipinski definition) is 0. The highest BCUT2D eigenvalue weighted by molar-refractivity contribution is 6.00. The summed E-state index contributed by atoms with van der Waals surface area (Å²) in [6, 6.07) is 0. The highest BCUT2D eigenvalue weighted by atomic mass is 16.5. The van der Waals surface area contributed by atoms with Gasteiger partial charge in [0.15, 0.2) is 0 Å². The summed E-state index contributed by atoms with van der Waals surface area (Å²) in [5, 5.41) is 0. The Morgan fingerprint density at radius 1 is 0.800 bits per heavy atom. The number of ether oxygens (including phenoxy) is 2. The fraction of sp³-hybridized carbons (Fsp3) is 0.810. The number of unbranched alkanes of at least 4 members (excludes halogenated alkanes) is 2. The molecule has 4 nitrogen and oxygen atoms in total. The minimum absolute atomic E-state index is 0.142. The van der Waals surface area contributed by atoms with Gasteiger partial charge in [-0.15, -0.1) is 0 Å². The lowest BCUT2D eigenvalue weighted by atomic mass is 9.81. The first kappa shape index (κ1) is 21.7. The van der Waals surface area contributed by atoms with E-state index in [9.17, 15) is 9.59 Å². The normalized spacial score (nSPS) is 16.3. The molecule has 0 bridgehead atoms. The van der Waals surface area contributed by atoms with E-state index in [1.165, 1.54) is 6.42 Å². The molecule has 1 saturated carbocycles. The van der Waals surface area contributed by atoms with E-state index in [1.54, 1.807) is 0 Å². The third-order valence-corrected chi connectivity index (χ3v) is 4.77. The van der Waals surface area contributed by atoms with Gasteiger partial charge in [-0.1, -0.05) is 59.3 Å². The quantitative estimate of drug-likeness (QED) is 0.286. The monoisotopic (exact) mass is 352 g/mol. The van der Waals surface area contributed by atoms with Gasteiger partial charge in [0, 0.05) is 5.57 Å². The maximum absolute atomic E-state index is 12.8. The van der Waals surface area contributed by atoms with E-state index in [2.05, 4.69) is 13.8 Å². The summed E-state index contributed by atoms with van der Waals surface area (Å²) in [7, 11) is 0. The van der Waals surface area contributed by atoms with Crippen molar-refractivity contribution in [3.05, 3.63) is 11.1 Å². The molecule has 1 fully saturated rings. The Morgan fingerprint density at radius 3 is 1.88 bits per heavy atom. The van der Waals surface area contributed by atoms with Crippen LogP contribution in [-0.4, -0.2) is 25.2 Å². The van der Waals surface area contributed by atoms with E-state index < -0.39 is 0 Å². The zero-order valence-electron chi connectivity index (χ0n) is 16.4. The second kappa shape index (κ2) is 13.0. The number of hydrogen-bond acceptors (Lipinski definition) is 4. The van der Waals surface area contributed by atoms with Gasteiger partial charge in [-0.2, -0.15) is 0 Å². The van der Waals surface area contributed by atoms with Crippen LogP contribution in [0.25, 0.3) is 0 Å². The molecule has 0 unspecified atom stereocenters. The Hall–Kier alpha value is -1.32. The summed E-state index contributed by atoms with van der Waals surface area (Å²) >= 11 is 0. The molecule has 144 valence electrons. The SMILES string of the molecule is CCCCOC(=O)/C(CCC)=C(\C(=O)OCCCC)C1CCCCC1. The van der Waals surface area contributed by atoms with Crippen molar-refractivity contribution in [3.63, 3.8) is 0 Å². The molecule has 1 rings (SSSR count). The summed E-state index contributed by atoms with van der Waals surface area (Å²) in [5.41, 5.74) is 1.17. The third kappa shape index (κ3) is 7.62. The zero-order chi connectivity index (χ0) is 18.5. The Morgan fingerprint density at radius 2 is 1.36 bits per heavy atom. The van der Waals surface area contributed by atoms with E-state index in [0.29, 0.717) is 30.8 Å². The van der Waals surface area contributed by atoms with Crippen molar-refractivity contribution < 1.29 is 19.1 Å². The van der Waals surface area contributed by atoms with Crippen LogP contribution in [-0.2, 0) is 19.1 Å². The van der Waals surface area contributed by atoms with E-state index in [1.807, 2.05) is 6.92 Å². The van der Waals surface area contributed by atoms with Gasteiger partial charge in [-0.05, 0) is 38.0 Å². The molecular formula is C21H36O4. The highest BCUT2D eigenvalue weighted by Crippen LogP contribution is 2.33. The van der Waals surface area contributed by atoms with Crippen LogP contribution >= 0.6 is 0 Å². The molecule has 0 amide bonds. The third-order valence-electron chi connectivity index (χ3n) is 4.77. The van der Waals surface area contributed by atoms with Gasteiger partial charge < -0.3 is 9.47 Å². The van der Waals surface area contributed by atoms with Crippen LogP contribution in [0.2, 0.25) is 0 Å². The van der Waals surface area contributed by atoms with Crippen molar-refractivity contribution in [3.8, 4) is 0 Å². The van der Waals surface area contributed by atoms with Crippen LogP contribution < -0.4 is 0 Å². The summed E-state index contributed by atoms with van der Waals surface area (Å²) in [6.45, 7) is 7.01. The van der Waals surface area contributed by atoms with Gasteiger partial charge in [0.1, 0.15) is 0 Å². The second-order valence-electron chi connectivity index (χ2n) is 6.96. The van der Waals surface area contributed by atoms with Crippen molar-refractivity contribution in [1.29, 1.82) is 0 Å². The van der Waals surface area contributed by atoms with Crippen molar-refractivity contribution in [2.24, 2.45) is 5.92 Å². The fourth-order valence-electron chi connectivity index (χ4n) is 3.31. The van der Waals surface area contributed by atoms with Crippen LogP contribution in [0.4, 0.5) is 0 Å². The first-order valence-corrected chi connectivity index (χ1v) is 10.2. The smallest absolute Gasteiger partial charge is 0.334 e. The minimum atomic E-state index is -0.316. The topological polar surface area (TPSA) is 52.6 Å². The first-order chi connectivity index (χ1) is 12.2. The predicted molar refractivity (Wildman–Crippen MR) is 100 cm³/mol. The molecule has 0 heterocycles. The Kier molecular flexibility index (Phi) is 11.3. The lowest BCUT2D eigenvalue weighted by Crippen LogP contribution is -2.24. The van der Waals surface area contributed by atoms with Crippen molar-refractivity contribution in [2.45, 2.75) is 91.4 Å². The average molecular weight is 353 g/mol.